The molecule has 0 aliphatic carbocycles. The lowest BCUT2D eigenvalue weighted by Gasteiger charge is -2.06. The number of carboxylic acids is 1. The Hall–Kier alpha value is -1.36. The van der Waals surface area contributed by atoms with Crippen molar-refractivity contribution >= 4 is 21.9 Å². The molecule has 0 spiro atoms. The van der Waals surface area contributed by atoms with Crippen LogP contribution >= 0.6 is 15.9 Å². The van der Waals surface area contributed by atoms with E-state index >= 15 is 0 Å². The van der Waals surface area contributed by atoms with Crippen molar-refractivity contribution in [2.75, 3.05) is 6.61 Å². The monoisotopic (exact) mass is 274 g/mol. The Morgan fingerprint density at radius 2 is 2.27 bits per heavy atom. The van der Waals surface area contributed by atoms with Crippen LogP contribution in [0.4, 0.5) is 4.39 Å². The van der Waals surface area contributed by atoms with E-state index in [-0.39, 0.29) is 16.7 Å². The maximum atomic E-state index is 12.8. The van der Waals surface area contributed by atoms with Gasteiger partial charge in [0.1, 0.15) is 18.2 Å². The van der Waals surface area contributed by atoms with Gasteiger partial charge in [0.05, 0.1) is 10.0 Å². The van der Waals surface area contributed by atoms with Crippen LogP contribution in [0.1, 0.15) is 0 Å². The van der Waals surface area contributed by atoms with Gasteiger partial charge < -0.3 is 9.84 Å². The molecule has 0 fully saturated rings. The van der Waals surface area contributed by atoms with Crippen LogP contribution in [-0.2, 0) is 4.79 Å². The van der Waals surface area contributed by atoms with Gasteiger partial charge in [0.15, 0.2) is 0 Å². The van der Waals surface area contributed by atoms with Crippen molar-refractivity contribution in [1.82, 2.24) is 0 Å². The molecule has 0 saturated heterocycles. The third-order valence-corrected chi connectivity index (χ3v) is 2.21. The van der Waals surface area contributed by atoms with Crippen molar-refractivity contribution in [1.29, 1.82) is 0 Å². The third kappa shape index (κ3) is 3.36. The molecule has 1 aromatic carbocycles. The van der Waals surface area contributed by atoms with Crippen molar-refractivity contribution in [3.63, 3.8) is 0 Å². The lowest BCUT2D eigenvalue weighted by atomic mass is 10.3. The van der Waals surface area contributed by atoms with Crippen LogP contribution in [0.3, 0.4) is 0 Å². The summed E-state index contributed by atoms with van der Waals surface area (Å²) in [5.74, 6) is -1.14. The lowest BCUT2D eigenvalue weighted by Crippen LogP contribution is -2.08. The lowest BCUT2D eigenvalue weighted by molar-refractivity contribution is -0.133. The number of carboxylic acid groups (broad SMARTS) is 1. The molecule has 1 N–H and O–H groups in total. The molecule has 0 heterocycles. The van der Waals surface area contributed by atoms with Crippen molar-refractivity contribution in [3.05, 3.63) is 40.6 Å². The Bertz CT molecular complexity index is 404. The van der Waals surface area contributed by atoms with Gasteiger partial charge in [-0.25, -0.2) is 9.18 Å². The van der Waals surface area contributed by atoms with Crippen LogP contribution in [0, 0.1) is 5.82 Å². The van der Waals surface area contributed by atoms with E-state index in [1.165, 1.54) is 18.2 Å². The fourth-order valence-electron chi connectivity index (χ4n) is 0.799. The maximum absolute atomic E-state index is 12.8. The first kappa shape index (κ1) is 11.7. The van der Waals surface area contributed by atoms with Gasteiger partial charge in [-0.3, -0.25) is 0 Å². The van der Waals surface area contributed by atoms with E-state index in [1.54, 1.807) is 0 Å². The minimum atomic E-state index is -1.11. The minimum absolute atomic E-state index is 0.0598. The summed E-state index contributed by atoms with van der Waals surface area (Å²) in [7, 11) is 0. The van der Waals surface area contributed by atoms with Gasteiger partial charge in [0, 0.05) is 0 Å². The van der Waals surface area contributed by atoms with E-state index in [0.29, 0.717) is 5.75 Å². The molecule has 0 aromatic heterocycles. The topological polar surface area (TPSA) is 46.5 Å². The summed E-state index contributed by atoms with van der Waals surface area (Å²) in [5, 5.41) is 8.51. The first-order valence-corrected chi connectivity index (χ1v) is 4.79. The highest BCUT2D eigenvalue weighted by Crippen LogP contribution is 2.21. The standard InChI is InChI=1S/C10H8BrFO3/c1-6(10(13)14)5-15-7-2-3-9(12)8(11)4-7/h2-4H,1,5H2,(H,13,14). The highest BCUT2D eigenvalue weighted by molar-refractivity contribution is 9.10. The highest BCUT2D eigenvalue weighted by atomic mass is 79.9. The van der Waals surface area contributed by atoms with Crippen LogP contribution < -0.4 is 4.74 Å². The average molecular weight is 275 g/mol. The maximum Gasteiger partial charge on any atom is 0.334 e. The van der Waals surface area contributed by atoms with Gasteiger partial charge in [0.2, 0.25) is 0 Å². The second kappa shape index (κ2) is 4.93. The molecule has 1 aromatic rings. The quantitative estimate of drug-likeness (QED) is 0.859. The Kier molecular flexibility index (Phi) is 3.85. The fraction of sp³-hybridized carbons (Fsp3) is 0.100. The number of hydrogen-bond acceptors (Lipinski definition) is 2. The Morgan fingerprint density at radius 3 is 2.80 bits per heavy atom. The molecule has 5 heteroatoms. The Labute approximate surface area is 94.3 Å². The number of aliphatic carboxylic acids is 1. The zero-order valence-corrected chi connectivity index (χ0v) is 9.25. The number of halogens is 2. The molecular weight excluding hydrogens is 267 g/mol. The summed E-state index contributed by atoms with van der Waals surface area (Å²) in [4.78, 5) is 10.4. The minimum Gasteiger partial charge on any atom is -0.489 e. The Morgan fingerprint density at radius 1 is 1.60 bits per heavy atom. The van der Waals surface area contributed by atoms with Crippen LogP contribution in [0.5, 0.6) is 5.75 Å². The van der Waals surface area contributed by atoms with E-state index in [0.717, 1.165) is 0 Å². The molecule has 0 aliphatic heterocycles. The number of rotatable bonds is 4. The summed E-state index contributed by atoms with van der Waals surface area (Å²) >= 11 is 2.99. The van der Waals surface area contributed by atoms with Crippen LogP contribution in [0.25, 0.3) is 0 Å². The highest BCUT2D eigenvalue weighted by Gasteiger charge is 2.06. The van der Waals surface area contributed by atoms with Crippen molar-refractivity contribution < 1.29 is 19.0 Å². The Balaban J connectivity index is 2.62. The second-order valence-electron chi connectivity index (χ2n) is 2.77. The molecule has 0 aliphatic rings. The molecule has 0 amide bonds. The summed E-state index contributed by atoms with van der Waals surface area (Å²) in [6.45, 7) is 3.17. The van der Waals surface area contributed by atoms with E-state index in [1.807, 2.05) is 0 Å². The van der Waals surface area contributed by atoms with Crippen LogP contribution in [0.15, 0.2) is 34.8 Å². The number of hydrogen-bond donors (Lipinski definition) is 1. The molecule has 15 heavy (non-hydrogen) atoms. The second-order valence-corrected chi connectivity index (χ2v) is 3.63. The predicted molar refractivity (Wildman–Crippen MR) is 56.4 cm³/mol. The molecule has 0 bridgehead atoms. The molecule has 0 unspecified atom stereocenters. The average Bonchev–Trinajstić information content (AvgIpc) is 2.19. The van der Waals surface area contributed by atoms with Gasteiger partial charge in [-0.1, -0.05) is 6.58 Å². The van der Waals surface area contributed by atoms with Crippen molar-refractivity contribution in [3.8, 4) is 5.75 Å². The SMILES string of the molecule is C=C(COc1ccc(F)c(Br)c1)C(=O)O. The van der Waals surface area contributed by atoms with E-state index < -0.39 is 11.8 Å². The molecule has 1 rings (SSSR count). The number of ether oxygens (including phenoxy) is 1. The van der Waals surface area contributed by atoms with Crippen LogP contribution in [-0.4, -0.2) is 17.7 Å². The van der Waals surface area contributed by atoms with E-state index in [2.05, 4.69) is 22.5 Å². The summed E-state index contributed by atoms with van der Waals surface area (Å²) < 4.78 is 18.2. The molecule has 0 atom stereocenters. The van der Waals surface area contributed by atoms with Crippen molar-refractivity contribution in [2.45, 2.75) is 0 Å². The van der Waals surface area contributed by atoms with Gasteiger partial charge >= 0.3 is 5.97 Å². The molecule has 0 radical (unpaired) electrons. The number of carbonyl (C=O) groups is 1. The number of benzene rings is 1. The van der Waals surface area contributed by atoms with Crippen LogP contribution in [0.2, 0.25) is 0 Å². The molecule has 3 nitrogen and oxygen atoms in total. The molecular formula is C10H8BrFO3. The van der Waals surface area contributed by atoms with Crippen molar-refractivity contribution in [2.24, 2.45) is 0 Å². The summed E-state index contributed by atoms with van der Waals surface area (Å²) in [6.07, 6.45) is 0. The zero-order chi connectivity index (χ0) is 11.4. The van der Waals surface area contributed by atoms with E-state index in [9.17, 15) is 9.18 Å². The first-order chi connectivity index (χ1) is 7.00. The molecule has 80 valence electrons. The van der Waals surface area contributed by atoms with Gasteiger partial charge in [-0.15, -0.1) is 0 Å². The first-order valence-electron chi connectivity index (χ1n) is 3.99. The van der Waals surface area contributed by atoms with Gasteiger partial charge in [-0.05, 0) is 34.1 Å². The fourth-order valence-corrected chi connectivity index (χ4v) is 1.16. The summed E-state index contributed by atoms with van der Waals surface area (Å²) in [6, 6.07) is 4.06. The van der Waals surface area contributed by atoms with Gasteiger partial charge in [0.25, 0.3) is 0 Å². The smallest absolute Gasteiger partial charge is 0.334 e. The summed E-state index contributed by atoms with van der Waals surface area (Å²) in [5.41, 5.74) is -0.0598. The predicted octanol–water partition coefficient (Wildman–Crippen LogP) is 2.61. The largest absolute Gasteiger partial charge is 0.489 e. The molecule has 0 saturated carbocycles. The van der Waals surface area contributed by atoms with Gasteiger partial charge in [-0.2, -0.15) is 0 Å². The third-order valence-electron chi connectivity index (χ3n) is 1.61. The normalized spacial score (nSPS) is 9.73. The zero-order valence-electron chi connectivity index (χ0n) is 7.67. The van der Waals surface area contributed by atoms with E-state index in [4.69, 9.17) is 9.84 Å².